The van der Waals surface area contributed by atoms with E-state index < -0.39 is 15.6 Å². The van der Waals surface area contributed by atoms with Crippen LogP contribution in [0.4, 0.5) is 0 Å². The number of aromatic nitrogens is 1. The first-order chi connectivity index (χ1) is 7.65. The minimum atomic E-state index is -3.53. The molecule has 4 nitrogen and oxygen atoms in total. The lowest BCUT2D eigenvalue weighted by Crippen LogP contribution is -2.05. The van der Waals surface area contributed by atoms with E-state index in [1.807, 2.05) is 0 Å². The molecule has 0 unspecified atom stereocenters. The van der Waals surface area contributed by atoms with E-state index in [1.165, 1.54) is 12.3 Å². The van der Waals surface area contributed by atoms with Crippen LogP contribution in [0.15, 0.2) is 41.6 Å². The zero-order valence-corrected chi connectivity index (χ0v) is 9.11. The highest BCUT2D eigenvalue weighted by atomic mass is 32.2. The highest BCUT2D eigenvalue weighted by Gasteiger charge is 2.16. The Kier molecular flexibility index (Phi) is 2.59. The molecule has 0 spiro atoms. The normalized spacial score (nSPS) is 11.2. The van der Waals surface area contributed by atoms with Gasteiger partial charge in [-0.3, -0.25) is 4.98 Å². The molecule has 1 aromatic carbocycles. The fourth-order valence-electron chi connectivity index (χ4n) is 1.53. The van der Waals surface area contributed by atoms with Gasteiger partial charge in [-0.25, -0.2) is 8.42 Å². The van der Waals surface area contributed by atoms with Crippen LogP contribution in [-0.4, -0.2) is 19.2 Å². The lowest BCUT2D eigenvalue weighted by atomic mass is 10.2. The summed E-state index contributed by atoms with van der Waals surface area (Å²) in [5, 5.41) is 9.85. The number of benzene rings is 1. The third-order valence-corrected chi connectivity index (χ3v) is 3.77. The Balaban J connectivity index is 2.76. The van der Waals surface area contributed by atoms with Gasteiger partial charge in [0, 0.05) is 23.2 Å². The van der Waals surface area contributed by atoms with Crippen molar-refractivity contribution in [2.45, 2.75) is 4.90 Å². The number of fused-ring (bicyclic) bond motifs is 1. The maximum absolute atomic E-state index is 11.8. The second-order valence-corrected chi connectivity index (χ2v) is 5.23. The lowest BCUT2D eigenvalue weighted by molar-refractivity contribution is 0.600. The van der Waals surface area contributed by atoms with Crippen molar-refractivity contribution >= 4 is 20.6 Å². The Hall–Kier alpha value is -1.93. The van der Waals surface area contributed by atoms with E-state index in [9.17, 15) is 8.42 Å². The first-order valence-electron chi connectivity index (χ1n) is 4.57. The minimum Gasteiger partial charge on any atom is -0.264 e. The molecule has 0 atom stereocenters. The van der Waals surface area contributed by atoms with Crippen molar-refractivity contribution in [1.82, 2.24) is 4.98 Å². The second-order valence-electron chi connectivity index (χ2n) is 3.27. The number of hydrogen-bond donors (Lipinski definition) is 0. The van der Waals surface area contributed by atoms with E-state index in [1.54, 1.807) is 30.5 Å². The van der Waals surface area contributed by atoms with Crippen molar-refractivity contribution in [3.05, 3.63) is 36.7 Å². The van der Waals surface area contributed by atoms with Gasteiger partial charge < -0.3 is 0 Å². The number of sulfone groups is 1. The summed E-state index contributed by atoms with van der Waals surface area (Å²) in [7, 11) is -3.53. The van der Waals surface area contributed by atoms with Gasteiger partial charge in [-0.05, 0) is 12.1 Å². The van der Waals surface area contributed by atoms with Gasteiger partial charge in [0.15, 0.2) is 9.84 Å². The monoisotopic (exact) mass is 232 g/mol. The van der Waals surface area contributed by atoms with E-state index in [0.717, 1.165) is 5.39 Å². The third-order valence-electron chi connectivity index (χ3n) is 2.23. The topological polar surface area (TPSA) is 70.8 Å². The zero-order valence-electron chi connectivity index (χ0n) is 8.29. The van der Waals surface area contributed by atoms with E-state index >= 15 is 0 Å². The Labute approximate surface area is 93.1 Å². The fourth-order valence-corrected chi connectivity index (χ4v) is 2.66. The van der Waals surface area contributed by atoms with Crippen molar-refractivity contribution in [3.8, 4) is 6.07 Å². The van der Waals surface area contributed by atoms with E-state index in [0.29, 0.717) is 5.39 Å². The van der Waals surface area contributed by atoms with Gasteiger partial charge in [0.1, 0.15) is 5.75 Å². The maximum atomic E-state index is 11.8. The number of rotatable bonds is 2. The highest BCUT2D eigenvalue weighted by Crippen LogP contribution is 2.22. The van der Waals surface area contributed by atoms with Crippen LogP contribution >= 0.6 is 0 Å². The van der Waals surface area contributed by atoms with Crippen LogP contribution in [0.5, 0.6) is 0 Å². The Morgan fingerprint density at radius 2 is 2.12 bits per heavy atom. The number of pyridine rings is 1. The molecule has 5 heteroatoms. The fraction of sp³-hybridized carbons (Fsp3) is 0.0909. The lowest BCUT2D eigenvalue weighted by Gasteiger charge is -2.04. The second kappa shape index (κ2) is 3.91. The standard InChI is InChI=1S/C11H8N2O2S/c12-5-7-16(14,15)11-3-1-2-9-8-13-6-4-10(9)11/h1-4,6,8H,7H2. The highest BCUT2D eigenvalue weighted by molar-refractivity contribution is 7.91. The first-order valence-corrected chi connectivity index (χ1v) is 6.23. The number of nitrogens with zero attached hydrogens (tertiary/aromatic N) is 2. The third kappa shape index (κ3) is 1.75. The maximum Gasteiger partial charge on any atom is 0.192 e. The van der Waals surface area contributed by atoms with Gasteiger partial charge in [-0.1, -0.05) is 12.1 Å². The zero-order chi connectivity index (χ0) is 11.6. The summed E-state index contributed by atoms with van der Waals surface area (Å²) in [6.45, 7) is 0. The van der Waals surface area contributed by atoms with E-state index in [4.69, 9.17) is 5.26 Å². The summed E-state index contributed by atoms with van der Waals surface area (Å²) >= 11 is 0. The minimum absolute atomic E-state index is 0.189. The molecule has 0 bridgehead atoms. The van der Waals surface area contributed by atoms with Crippen LogP contribution in [0.2, 0.25) is 0 Å². The van der Waals surface area contributed by atoms with Crippen LogP contribution in [-0.2, 0) is 9.84 Å². The smallest absolute Gasteiger partial charge is 0.192 e. The molecule has 0 amide bonds. The molecule has 0 aliphatic heterocycles. The van der Waals surface area contributed by atoms with Crippen molar-refractivity contribution in [1.29, 1.82) is 5.26 Å². The van der Waals surface area contributed by atoms with Crippen molar-refractivity contribution in [3.63, 3.8) is 0 Å². The molecule has 0 saturated carbocycles. The molecule has 1 aromatic heterocycles. The van der Waals surface area contributed by atoms with Gasteiger partial charge in [0.2, 0.25) is 0 Å². The SMILES string of the molecule is N#CCS(=O)(=O)c1cccc2cnccc12. The molecule has 0 N–H and O–H groups in total. The number of nitriles is 1. The average molecular weight is 232 g/mol. The molecule has 80 valence electrons. The van der Waals surface area contributed by atoms with Crippen molar-refractivity contribution in [2.24, 2.45) is 0 Å². The van der Waals surface area contributed by atoms with Gasteiger partial charge >= 0.3 is 0 Å². The summed E-state index contributed by atoms with van der Waals surface area (Å²) in [5.41, 5.74) is 0. The summed E-state index contributed by atoms with van der Waals surface area (Å²) in [5.74, 6) is -0.506. The van der Waals surface area contributed by atoms with Gasteiger partial charge in [-0.15, -0.1) is 0 Å². The Morgan fingerprint density at radius 3 is 2.88 bits per heavy atom. The Bertz CT molecular complexity index is 666. The van der Waals surface area contributed by atoms with Gasteiger partial charge in [-0.2, -0.15) is 5.26 Å². The largest absolute Gasteiger partial charge is 0.264 e. The van der Waals surface area contributed by atoms with Crippen LogP contribution in [0.25, 0.3) is 10.8 Å². The average Bonchev–Trinajstić information content (AvgIpc) is 2.28. The molecular weight excluding hydrogens is 224 g/mol. The van der Waals surface area contributed by atoms with Crippen LogP contribution in [0, 0.1) is 11.3 Å². The van der Waals surface area contributed by atoms with Crippen LogP contribution in [0.1, 0.15) is 0 Å². The molecule has 0 aliphatic carbocycles. The molecule has 16 heavy (non-hydrogen) atoms. The molecule has 2 rings (SSSR count). The first kappa shape index (κ1) is 10.6. The molecule has 0 fully saturated rings. The Morgan fingerprint density at radius 1 is 1.31 bits per heavy atom. The molecule has 2 aromatic rings. The van der Waals surface area contributed by atoms with Crippen LogP contribution < -0.4 is 0 Å². The summed E-state index contributed by atoms with van der Waals surface area (Å²) in [6, 6.07) is 8.25. The molecule has 0 radical (unpaired) electrons. The van der Waals surface area contributed by atoms with E-state index in [-0.39, 0.29) is 4.90 Å². The molecule has 0 saturated heterocycles. The van der Waals surface area contributed by atoms with E-state index in [2.05, 4.69) is 4.98 Å². The summed E-state index contributed by atoms with van der Waals surface area (Å²) < 4.78 is 23.6. The summed E-state index contributed by atoms with van der Waals surface area (Å²) in [6.07, 6.45) is 3.13. The van der Waals surface area contributed by atoms with Gasteiger partial charge in [0.05, 0.1) is 11.0 Å². The summed E-state index contributed by atoms with van der Waals surface area (Å²) in [4.78, 5) is 4.11. The van der Waals surface area contributed by atoms with Crippen LogP contribution in [0.3, 0.4) is 0 Å². The molecular formula is C11H8N2O2S. The van der Waals surface area contributed by atoms with Gasteiger partial charge in [0.25, 0.3) is 0 Å². The quantitative estimate of drug-likeness (QED) is 0.787. The predicted octanol–water partition coefficient (Wildman–Crippen LogP) is 1.53. The van der Waals surface area contributed by atoms with Crippen molar-refractivity contribution < 1.29 is 8.42 Å². The predicted molar refractivity (Wildman–Crippen MR) is 59.4 cm³/mol. The molecule has 0 aliphatic rings. The van der Waals surface area contributed by atoms with Crippen molar-refractivity contribution in [2.75, 3.05) is 5.75 Å². The number of hydrogen-bond acceptors (Lipinski definition) is 4. The molecule has 1 heterocycles.